The Balaban J connectivity index is 1.73. The van der Waals surface area contributed by atoms with Gasteiger partial charge in [-0.3, -0.25) is 14.4 Å². The zero-order valence-electron chi connectivity index (χ0n) is 22.0. The maximum atomic E-state index is 13.3. The molecule has 2 amide bonds. The van der Waals surface area contributed by atoms with Crippen LogP contribution in [0, 0.1) is 17.8 Å². The molecule has 39 heavy (non-hydrogen) atoms. The monoisotopic (exact) mass is 538 g/mol. The van der Waals surface area contributed by atoms with Crippen molar-refractivity contribution in [1.82, 2.24) is 10.6 Å². The second kappa shape index (κ2) is 14.1. The minimum Gasteiger partial charge on any atom is -0.481 e. The summed E-state index contributed by atoms with van der Waals surface area (Å²) in [5.74, 6) is -6.04. The van der Waals surface area contributed by atoms with Crippen LogP contribution in [-0.2, 0) is 46.3 Å². The lowest BCUT2D eigenvalue weighted by molar-refractivity contribution is -0.150. The lowest BCUT2D eigenvalue weighted by Gasteiger charge is -2.33. The molecular weight excluding hydrogens is 504 g/mol. The van der Waals surface area contributed by atoms with Crippen LogP contribution in [-0.4, -0.2) is 61.1 Å². The van der Waals surface area contributed by atoms with Crippen molar-refractivity contribution in [2.24, 2.45) is 17.8 Å². The number of aliphatic carboxylic acids is 1. The van der Waals surface area contributed by atoms with E-state index in [4.69, 9.17) is 9.47 Å². The van der Waals surface area contributed by atoms with Crippen LogP contribution in [0.15, 0.2) is 60.7 Å². The molecule has 10 heteroatoms. The van der Waals surface area contributed by atoms with Crippen molar-refractivity contribution in [3.8, 4) is 0 Å². The molecule has 3 N–H and O–H groups in total. The first-order valence-electron chi connectivity index (χ1n) is 12.8. The van der Waals surface area contributed by atoms with Gasteiger partial charge in [0.1, 0.15) is 12.1 Å². The molecule has 10 nitrogen and oxygen atoms in total. The third-order valence-corrected chi connectivity index (χ3v) is 6.97. The van der Waals surface area contributed by atoms with Gasteiger partial charge in [-0.25, -0.2) is 9.59 Å². The van der Waals surface area contributed by atoms with Crippen LogP contribution in [0.4, 0.5) is 0 Å². The third kappa shape index (κ3) is 8.39. The zero-order chi connectivity index (χ0) is 28.4. The van der Waals surface area contributed by atoms with Gasteiger partial charge < -0.3 is 25.2 Å². The van der Waals surface area contributed by atoms with Gasteiger partial charge in [0.2, 0.25) is 11.8 Å². The van der Waals surface area contributed by atoms with Crippen LogP contribution in [0.3, 0.4) is 0 Å². The summed E-state index contributed by atoms with van der Waals surface area (Å²) in [4.78, 5) is 63.2. The summed E-state index contributed by atoms with van der Waals surface area (Å²) in [7, 11) is 2.45. The summed E-state index contributed by atoms with van der Waals surface area (Å²) in [6, 6.07) is 16.2. The molecule has 1 aliphatic carbocycles. The predicted octanol–water partition coefficient (Wildman–Crippen LogP) is 1.90. The van der Waals surface area contributed by atoms with Crippen molar-refractivity contribution < 1.29 is 38.6 Å². The van der Waals surface area contributed by atoms with Crippen molar-refractivity contribution in [1.29, 1.82) is 0 Å². The first-order valence-corrected chi connectivity index (χ1v) is 12.8. The van der Waals surface area contributed by atoms with E-state index in [1.165, 1.54) is 14.2 Å². The normalized spacial score (nSPS) is 20.1. The first-order chi connectivity index (χ1) is 18.7. The Kier molecular flexibility index (Phi) is 10.6. The average Bonchev–Trinajstić information content (AvgIpc) is 2.96. The average molecular weight is 539 g/mol. The summed E-state index contributed by atoms with van der Waals surface area (Å²) in [6.45, 7) is 0. The molecule has 5 atom stereocenters. The Labute approximate surface area is 227 Å². The van der Waals surface area contributed by atoms with E-state index in [0.717, 1.165) is 11.1 Å². The van der Waals surface area contributed by atoms with Gasteiger partial charge in [-0.05, 0) is 30.4 Å². The van der Waals surface area contributed by atoms with E-state index < -0.39 is 59.6 Å². The van der Waals surface area contributed by atoms with Crippen molar-refractivity contribution in [2.45, 2.75) is 44.2 Å². The van der Waals surface area contributed by atoms with E-state index in [2.05, 4.69) is 10.6 Å². The molecule has 208 valence electrons. The second-order valence-corrected chi connectivity index (χ2v) is 9.68. The SMILES string of the molecule is COC(=O)[C@H](Cc1ccccc1)NC(=O)[C@@H]1CC(C(=O)O)C[C@H](C(=O)N[C@@H](Cc2ccccc2)C(=O)OC)C1. The van der Waals surface area contributed by atoms with Gasteiger partial charge in [-0.1, -0.05) is 60.7 Å². The van der Waals surface area contributed by atoms with Crippen molar-refractivity contribution in [2.75, 3.05) is 14.2 Å². The molecule has 1 aliphatic rings. The maximum absolute atomic E-state index is 13.3. The largest absolute Gasteiger partial charge is 0.481 e. The predicted molar refractivity (Wildman–Crippen MR) is 140 cm³/mol. The van der Waals surface area contributed by atoms with Gasteiger partial charge in [0.15, 0.2) is 0 Å². The van der Waals surface area contributed by atoms with Gasteiger partial charge in [0.25, 0.3) is 0 Å². The van der Waals surface area contributed by atoms with Crippen LogP contribution in [0.2, 0.25) is 0 Å². The fraction of sp³-hybridized carbons (Fsp3) is 0.414. The number of hydrogen-bond acceptors (Lipinski definition) is 7. The molecule has 1 fully saturated rings. The summed E-state index contributed by atoms with van der Waals surface area (Å²) in [6.07, 6.45) is 0.500. The second-order valence-electron chi connectivity index (χ2n) is 9.68. The first kappa shape index (κ1) is 29.3. The van der Waals surface area contributed by atoms with Crippen molar-refractivity contribution in [3.63, 3.8) is 0 Å². The molecule has 0 aromatic heterocycles. The summed E-state index contributed by atoms with van der Waals surface area (Å²) in [5.41, 5.74) is 1.62. The van der Waals surface area contributed by atoms with E-state index in [0.29, 0.717) is 0 Å². The lowest BCUT2D eigenvalue weighted by atomic mass is 9.74. The Bertz CT molecular complexity index is 1070. The van der Waals surface area contributed by atoms with Gasteiger partial charge in [0, 0.05) is 24.7 Å². The molecule has 0 bridgehead atoms. The number of carboxylic acids is 1. The number of carboxylic acid groups (broad SMARTS) is 1. The molecule has 0 aliphatic heterocycles. The Morgan fingerprint density at radius 2 is 1.05 bits per heavy atom. The highest BCUT2D eigenvalue weighted by Crippen LogP contribution is 2.34. The highest BCUT2D eigenvalue weighted by Gasteiger charge is 2.41. The molecule has 0 saturated heterocycles. The van der Waals surface area contributed by atoms with Gasteiger partial charge in [0.05, 0.1) is 20.1 Å². The van der Waals surface area contributed by atoms with Crippen LogP contribution < -0.4 is 10.6 Å². The molecule has 2 aromatic carbocycles. The number of nitrogens with one attached hydrogen (secondary N) is 2. The number of amides is 2. The van der Waals surface area contributed by atoms with Gasteiger partial charge in [-0.15, -0.1) is 0 Å². The Hall–Kier alpha value is -4.21. The summed E-state index contributed by atoms with van der Waals surface area (Å²) in [5, 5.41) is 15.1. The van der Waals surface area contributed by atoms with E-state index in [9.17, 15) is 29.1 Å². The number of ether oxygens (including phenoxy) is 2. The molecule has 1 unspecified atom stereocenters. The van der Waals surface area contributed by atoms with Crippen molar-refractivity contribution in [3.05, 3.63) is 71.8 Å². The smallest absolute Gasteiger partial charge is 0.328 e. The lowest BCUT2D eigenvalue weighted by Crippen LogP contribution is -2.50. The van der Waals surface area contributed by atoms with Crippen LogP contribution in [0.5, 0.6) is 0 Å². The van der Waals surface area contributed by atoms with E-state index in [-0.39, 0.29) is 32.1 Å². The molecule has 0 spiro atoms. The topological polar surface area (TPSA) is 148 Å². The van der Waals surface area contributed by atoms with Crippen molar-refractivity contribution >= 4 is 29.7 Å². The van der Waals surface area contributed by atoms with E-state index >= 15 is 0 Å². The molecular formula is C29H34N2O8. The van der Waals surface area contributed by atoms with Crippen LogP contribution in [0.1, 0.15) is 30.4 Å². The minimum absolute atomic E-state index is 0.0224. The number of carbonyl (C=O) groups excluding carboxylic acids is 4. The Morgan fingerprint density at radius 1 is 0.692 bits per heavy atom. The summed E-state index contributed by atoms with van der Waals surface area (Å²) < 4.78 is 9.72. The molecule has 1 saturated carbocycles. The number of carbonyl (C=O) groups is 5. The zero-order valence-corrected chi connectivity index (χ0v) is 22.0. The fourth-order valence-corrected chi connectivity index (χ4v) is 4.90. The van der Waals surface area contributed by atoms with E-state index in [1.54, 1.807) is 0 Å². The highest BCUT2D eigenvalue weighted by atomic mass is 16.5. The van der Waals surface area contributed by atoms with Crippen LogP contribution in [0.25, 0.3) is 0 Å². The number of esters is 2. The molecule has 0 heterocycles. The van der Waals surface area contributed by atoms with E-state index in [1.807, 2.05) is 60.7 Å². The highest BCUT2D eigenvalue weighted by molar-refractivity contribution is 5.89. The van der Waals surface area contributed by atoms with Gasteiger partial charge in [-0.2, -0.15) is 0 Å². The Morgan fingerprint density at radius 3 is 1.38 bits per heavy atom. The standard InChI is InChI=1S/C29H34N2O8/c1-38-28(36)23(13-18-9-5-3-6-10-18)30-25(32)20-15-21(17-22(16-20)27(34)35)26(33)31-24(29(37)39-2)14-19-11-7-4-8-12-19/h3-12,20-24H,13-17H2,1-2H3,(H,30,32)(H,31,33)(H,34,35)/t20-,21+,22?,23-,24-/m0/s1. The number of rotatable bonds is 11. The van der Waals surface area contributed by atoms with Gasteiger partial charge >= 0.3 is 17.9 Å². The van der Waals surface area contributed by atoms with Crippen LogP contribution >= 0.6 is 0 Å². The number of methoxy groups -OCH3 is 2. The third-order valence-electron chi connectivity index (χ3n) is 6.97. The summed E-state index contributed by atoms with van der Waals surface area (Å²) >= 11 is 0. The maximum Gasteiger partial charge on any atom is 0.328 e. The molecule has 2 aromatic rings. The fourth-order valence-electron chi connectivity index (χ4n) is 4.90. The number of benzene rings is 2. The minimum atomic E-state index is -1.12. The quantitative estimate of drug-likeness (QED) is 0.368. The molecule has 0 radical (unpaired) electrons. The number of hydrogen-bond donors (Lipinski definition) is 3. The molecule has 3 rings (SSSR count).